The summed E-state index contributed by atoms with van der Waals surface area (Å²) in [6.45, 7) is 1.13. The molecule has 0 saturated heterocycles. The Morgan fingerprint density at radius 2 is 1.90 bits per heavy atom. The van der Waals surface area contributed by atoms with Crippen LogP contribution >= 0.6 is 0 Å². The van der Waals surface area contributed by atoms with Gasteiger partial charge in [-0.15, -0.1) is 0 Å². The van der Waals surface area contributed by atoms with Crippen molar-refractivity contribution >= 4 is 0 Å². The Bertz CT molecular complexity index is 368. The van der Waals surface area contributed by atoms with Crippen LogP contribution in [0.4, 0.5) is 0 Å². The molecule has 0 amide bonds. The van der Waals surface area contributed by atoms with Gasteiger partial charge in [0.15, 0.2) is 0 Å². The molecule has 1 aliphatic carbocycles. The molecule has 1 saturated carbocycles. The van der Waals surface area contributed by atoms with E-state index in [-0.39, 0.29) is 6.10 Å². The molecule has 3 heteroatoms. The first-order valence-corrected chi connectivity index (χ1v) is 7.66. The molecule has 0 heterocycles. The van der Waals surface area contributed by atoms with E-state index in [9.17, 15) is 5.11 Å². The van der Waals surface area contributed by atoms with Crippen LogP contribution in [0.2, 0.25) is 0 Å². The van der Waals surface area contributed by atoms with Gasteiger partial charge in [0.1, 0.15) is 12.4 Å². The summed E-state index contributed by atoms with van der Waals surface area (Å²) in [5, 5.41) is 10.0. The van der Waals surface area contributed by atoms with Gasteiger partial charge in [0.2, 0.25) is 0 Å². The smallest absolute Gasteiger partial charge is 0.119 e. The second kappa shape index (κ2) is 8.28. The third-order valence-corrected chi connectivity index (χ3v) is 4.04. The molecular formula is C17H26O3. The maximum atomic E-state index is 10.0. The molecular weight excluding hydrogens is 252 g/mol. The summed E-state index contributed by atoms with van der Waals surface area (Å²) in [5.74, 6) is 1.53. The van der Waals surface area contributed by atoms with Crippen LogP contribution in [0.5, 0.6) is 5.75 Å². The third kappa shape index (κ3) is 5.14. The fraction of sp³-hybridized carbons (Fsp3) is 0.647. The van der Waals surface area contributed by atoms with Crippen LogP contribution in [0.3, 0.4) is 0 Å². The molecule has 1 aromatic carbocycles. The monoisotopic (exact) mass is 278 g/mol. The Morgan fingerprint density at radius 1 is 1.20 bits per heavy atom. The largest absolute Gasteiger partial charge is 0.491 e. The predicted molar refractivity (Wildman–Crippen MR) is 80.1 cm³/mol. The van der Waals surface area contributed by atoms with Gasteiger partial charge in [-0.1, -0.05) is 37.8 Å². The molecule has 112 valence electrons. The van der Waals surface area contributed by atoms with Gasteiger partial charge in [0.25, 0.3) is 0 Å². The van der Waals surface area contributed by atoms with Crippen molar-refractivity contribution in [1.29, 1.82) is 0 Å². The van der Waals surface area contributed by atoms with Gasteiger partial charge in [0, 0.05) is 7.11 Å². The lowest BCUT2D eigenvalue weighted by Crippen LogP contribution is -2.20. The molecule has 1 unspecified atom stereocenters. The second-order valence-corrected chi connectivity index (χ2v) is 5.74. The average Bonchev–Trinajstić information content (AvgIpc) is 2.97. The van der Waals surface area contributed by atoms with E-state index in [1.807, 2.05) is 12.1 Å². The molecule has 0 radical (unpaired) electrons. The number of benzene rings is 1. The van der Waals surface area contributed by atoms with Crippen LogP contribution in [0, 0.1) is 5.92 Å². The van der Waals surface area contributed by atoms with Crippen molar-refractivity contribution in [2.45, 2.75) is 44.6 Å². The molecule has 0 spiro atoms. The fourth-order valence-corrected chi connectivity index (χ4v) is 2.86. The maximum absolute atomic E-state index is 10.0. The predicted octanol–water partition coefficient (Wildman–Crippen LogP) is 3.20. The van der Waals surface area contributed by atoms with Crippen molar-refractivity contribution in [3.63, 3.8) is 0 Å². The van der Waals surface area contributed by atoms with Crippen molar-refractivity contribution < 1.29 is 14.6 Å². The minimum atomic E-state index is -0.341. The lowest BCUT2D eigenvalue weighted by atomic mass is 10.0. The molecule has 20 heavy (non-hydrogen) atoms. The summed E-state index contributed by atoms with van der Waals surface area (Å²) in [4.78, 5) is 0. The van der Waals surface area contributed by atoms with Crippen molar-refractivity contribution in [3.8, 4) is 5.75 Å². The molecule has 0 aliphatic heterocycles. The highest BCUT2D eigenvalue weighted by Gasteiger charge is 2.19. The lowest BCUT2D eigenvalue weighted by molar-refractivity contribution is 0.0855. The first-order valence-electron chi connectivity index (χ1n) is 7.66. The van der Waals surface area contributed by atoms with E-state index in [0.29, 0.717) is 12.5 Å². The van der Waals surface area contributed by atoms with E-state index < -0.39 is 0 Å². The Balaban J connectivity index is 1.69. The van der Waals surface area contributed by atoms with Gasteiger partial charge < -0.3 is 14.6 Å². The van der Waals surface area contributed by atoms with Gasteiger partial charge in [0.05, 0.1) is 12.7 Å². The Hall–Kier alpha value is -1.06. The minimum Gasteiger partial charge on any atom is -0.491 e. The number of aliphatic hydroxyl groups excluding tert-OH is 1. The molecule has 0 bridgehead atoms. The normalized spacial score (nSPS) is 17.3. The number of aliphatic hydroxyl groups is 1. The van der Waals surface area contributed by atoms with Crippen molar-refractivity contribution in [2.24, 2.45) is 5.92 Å². The second-order valence-electron chi connectivity index (χ2n) is 5.74. The van der Waals surface area contributed by atoms with Gasteiger partial charge in [-0.3, -0.25) is 0 Å². The van der Waals surface area contributed by atoms with Crippen LogP contribution in [-0.2, 0) is 11.2 Å². The quantitative estimate of drug-likeness (QED) is 0.793. The summed E-state index contributed by atoms with van der Waals surface area (Å²) in [6, 6.07) is 8.04. The molecule has 1 atom stereocenters. The highest BCUT2D eigenvalue weighted by molar-refractivity contribution is 5.27. The minimum absolute atomic E-state index is 0.341. The molecule has 0 aromatic heterocycles. The zero-order valence-corrected chi connectivity index (χ0v) is 12.4. The zero-order valence-electron chi connectivity index (χ0n) is 12.4. The standard InChI is InChI=1S/C17H26O3/c1-19-11-10-14-6-8-17(9-7-14)20-13-16(18)12-15-4-2-3-5-15/h6-9,15-16,18H,2-5,10-13H2,1H3. The summed E-state index contributed by atoms with van der Waals surface area (Å²) >= 11 is 0. The van der Waals surface area contributed by atoms with E-state index in [4.69, 9.17) is 9.47 Å². The van der Waals surface area contributed by atoms with Crippen LogP contribution in [0.1, 0.15) is 37.7 Å². The average molecular weight is 278 g/mol. The van der Waals surface area contributed by atoms with Gasteiger partial charge in [-0.2, -0.15) is 0 Å². The van der Waals surface area contributed by atoms with Crippen LogP contribution in [0.15, 0.2) is 24.3 Å². The number of methoxy groups -OCH3 is 1. The molecule has 2 rings (SSSR count). The fourth-order valence-electron chi connectivity index (χ4n) is 2.86. The van der Waals surface area contributed by atoms with Gasteiger partial charge >= 0.3 is 0 Å². The highest BCUT2D eigenvalue weighted by Crippen LogP contribution is 2.28. The molecule has 3 nitrogen and oxygen atoms in total. The number of rotatable bonds is 8. The van der Waals surface area contributed by atoms with Crippen molar-refractivity contribution in [3.05, 3.63) is 29.8 Å². The van der Waals surface area contributed by atoms with E-state index in [1.165, 1.54) is 31.2 Å². The van der Waals surface area contributed by atoms with Crippen LogP contribution < -0.4 is 4.74 Å². The SMILES string of the molecule is COCCc1ccc(OCC(O)CC2CCCC2)cc1. The van der Waals surface area contributed by atoms with E-state index in [1.54, 1.807) is 7.11 Å². The van der Waals surface area contributed by atoms with E-state index in [0.717, 1.165) is 25.2 Å². The topological polar surface area (TPSA) is 38.7 Å². The summed E-state index contributed by atoms with van der Waals surface area (Å²) in [6.07, 6.45) is 6.64. The molecule has 1 fully saturated rings. The van der Waals surface area contributed by atoms with E-state index >= 15 is 0 Å². The molecule has 1 aromatic rings. The molecule has 1 N–H and O–H groups in total. The number of hydrogen-bond acceptors (Lipinski definition) is 3. The van der Waals surface area contributed by atoms with Crippen molar-refractivity contribution in [1.82, 2.24) is 0 Å². The van der Waals surface area contributed by atoms with Crippen LogP contribution in [0.25, 0.3) is 0 Å². The summed E-state index contributed by atoms with van der Waals surface area (Å²) < 4.78 is 10.7. The van der Waals surface area contributed by atoms with Gasteiger partial charge in [-0.25, -0.2) is 0 Å². The first kappa shape index (κ1) is 15.3. The van der Waals surface area contributed by atoms with Crippen LogP contribution in [-0.4, -0.2) is 31.5 Å². The summed E-state index contributed by atoms with van der Waals surface area (Å²) in [7, 11) is 1.71. The number of hydrogen-bond donors (Lipinski definition) is 1. The first-order chi connectivity index (χ1) is 9.78. The van der Waals surface area contributed by atoms with Gasteiger partial charge in [-0.05, 0) is 36.5 Å². The molecule has 1 aliphatic rings. The Labute approximate surface area is 121 Å². The summed E-state index contributed by atoms with van der Waals surface area (Å²) in [5.41, 5.74) is 1.24. The third-order valence-electron chi connectivity index (χ3n) is 4.04. The zero-order chi connectivity index (χ0) is 14.2. The Kier molecular flexibility index (Phi) is 6.34. The highest BCUT2D eigenvalue weighted by atomic mass is 16.5. The maximum Gasteiger partial charge on any atom is 0.119 e. The van der Waals surface area contributed by atoms with Crippen molar-refractivity contribution in [2.75, 3.05) is 20.3 Å². The lowest BCUT2D eigenvalue weighted by Gasteiger charge is -2.16. The number of ether oxygens (including phenoxy) is 2. The van der Waals surface area contributed by atoms with E-state index in [2.05, 4.69) is 12.1 Å². The Morgan fingerprint density at radius 3 is 2.55 bits per heavy atom.